The maximum atomic E-state index is 13.4. The van der Waals surface area contributed by atoms with Gasteiger partial charge in [0, 0.05) is 58.7 Å². The number of hydrogen-bond donors (Lipinski definition) is 0. The molecule has 113 heavy (non-hydrogen) atoms. The SMILES string of the molecule is CCCCC(CC)COc1ccc2c3c(cccc13)C(=O)N(OS(=O)(=O)CC13CCC(CC1=O)C3(C)C)C2=O.CCCCCCCCOc1ccc2c3c(cccc13)C(=O)N(OS(=O)(=O)CC13CCC(CC1=O)C3(C)C)C2=O.COCCOc1ccc2c3c(cccc13)C(=O)N(OS(=O)(=O)CC13CCC(CC1=O)C3(C)C)C2=O. The molecule has 0 radical (unpaired) electrons. The number of carbonyl (C=O) groups excluding carboxylic acids is 9. The van der Waals surface area contributed by atoms with Crippen LogP contribution in [0.5, 0.6) is 17.2 Å². The third-order valence-electron chi connectivity index (χ3n) is 27.1. The fourth-order valence-electron chi connectivity index (χ4n) is 19.8. The molecule has 6 aliphatic carbocycles. The number of rotatable bonds is 31. The fourth-order valence-corrected chi connectivity index (χ4v) is 24.9. The van der Waals surface area contributed by atoms with Crippen LogP contribution in [0, 0.1) is 56.2 Å². The van der Waals surface area contributed by atoms with Crippen molar-refractivity contribution in [2.24, 2.45) is 56.2 Å². The average Bonchev–Trinajstić information content (AvgIpc) is 1.54. The maximum absolute atomic E-state index is 13.4. The zero-order valence-corrected chi connectivity index (χ0v) is 68.4. The molecule has 6 saturated carbocycles. The van der Waals surface area contributed by atoms with E-state index in [1.807, 2.05) is 41.5 Å². The Labute approximate surface area is 660 Å². The number of carbonyl (C=O) groups is 9. The van der Waals surface area contributed by atoms with Crippen molar-refractivity contribution in [2.75, 3.05) is 50.8 Å². The lowest BCUT2D eigenvalue weighted by atomic mass is 9.70. The predicted molar refractivity (Wildman–Crippen MR) is 419 cm³/mol. The second-order valence-corrected chi connectivity index (χ2v) is 38.4. The van der Waals surface area contributed by atoms with E-state index in [0.717, 1.165) is 64.2 Å². The summed E-state index contributed by atoms with van der Waals surface area (Å²) in [6, 6.07) is 24.4. The average molecular weight is 1610 g/mol. The molecule has 606 valence electrons. The van der Waals surface area contributed by atoms with Gasteiger partial charge < -0.3 is 18.9 Å². The first kappa shape index (κ1) is 82.6. The van der Waals surface area contributed by atoms with Crippen molar-refractivity contribution in [1.82, 2.24) is 15.2 Å². The van der Waals surface area contributed by atoms with Crippen LogP contribution in [-0.2, 0) is 62.3 Å². The van der Waals surface area contributed by atoms with Crippen molar-refractivity contribution < 1.29 is 100 Å². The third-order valence-corrected chi connectivity index (χ3v) is 30.7. The summed E-state index contributed by atoms with van der Waals surface area (Å²) >= 11 is 0. The van der Waals surface area contributed by atoms with Gasteiger partial charge in [0.25, 0.3) is 65.8 Å². The highest BCUT2D eigenvalue weighted by Crippen LogP contribution is 2.67. The second-order valence-electron chi connectivity index (χ2n) is 33.7. The first-order valence-corrected chi connectivity index (χ1v) is 44.3. The van der Waals surface area contributed by atoms with Gasteiger partial charge in [-0.25, -0.2) is 0 Å². The zero-order valence-electron chi connectivity index (χ0n) is 65.9. The largest absolute Gasteiger partial charge is 0.493 e. The Morgan fingerprint density at radius 3 is 1.02 bits per heavy atom. The molecule has 15 rings (SSSR count). The minimum Gasteiger partial charge on any atom is -0.493 e. The van der Waals surface area contributed by atoms with E-state index in [0.29, 0.717) is 129 Å². The smallest absolute Gasteiger partial charge is 0.289 e. The maximum Gasteiger partial charge on any atom is 0.289 e. The molecule has 6 aromatic carbocycles. The number of amides is 6. The fraction of sp³-hybridized carbons (Fsp3) is 0.541. The summed E-state index contributed by atoms with van der Waals surface area (Å²) in [6.07, 6.45) is 15.8. The molecule has 0 spiro atoms. The molecular weight excluding hydrogens is 1510 g/mol. The minimum atomic E-state index is -4.45. The highest BCUT2D eigenvalue weighted by molar-refractivity contribution is 7.87. The van der Waals surface area contributed by atoms with E-state index >= 15 is 0 Å². The number of Topliss-reactive ketones (excluding diaryl/α,β-unsaturated/α-hetero) is 3. The van der Waals surface area contributed by atoms with Crippen LogP contribution >= 0.6 is 0 Å². The van der Waals surface area contributed by atoms with Gasteiger partial charge >= 0.3 is 0 Å². The molecule has 28 heteroatoms. The lowest BCUT2D eigenvalue weighted by Gasteiger charge is -2.36. The van der Waals surface area contributed by atoms with Crippen molar-refractivity contribution in [3.8, 4) is 17.2 Å². The number of hydroxylamine groups is 6. The van der Waals surface area contributed by atoms with Crippen molar-refractivity contribution in [1.29, 1.82) is 0 Å². The molecule has 0 aromatic heterocycles. The summed E-state index contributed by atoms with van der Waals surface area (Å²) in [5, 5.41) is 3.98. The molecule has 9 aliphatic rings. The molecule has 0 N–H and O–H groups in total. The molecule has 7 atom stereocenters. The minimum absolute atomic E-state index is 0.0872. The number of ether oxygens (including phenoxy) is 4. The Bertz CT molecular complexity index is 5200. The van der Waals surface area contributed by atoms with Gasteiger partial charge in [0.1, 0.15) is 41.2 Å². The van der Waals surface area contributed by atoms with Crippen LogP contribution in [0.4, 0.5) is 0 Å². The Morgan fingerprint density at radius 2 is 0.708 bits per heavy atom. The Morgan fingerprint density at radius 1 is 0.389 bits per heavy atom. The van der Waals surface area contributed by atoms with Crippen LogP contribution in [0.2, 0.25) is 0 Å². The van der Waals surface area contributed by atoms with E-state index in [9.17, 15) is 68.4 Å². The Hall–Kier alpha value is -8.38. The van der Waals surface area contributed by atoms with Gasteiger partial charge in [-0.2, -0.15) is 25.3 Å². The Balaban J connectivity index is 0.000000148. The van der Waals surface area contributed by atoms with Crippen LogP contribution in [0.1, 0.15) is 246 Å². The van der Waals surface area contributed by atoms with E-state index in [2.05, 4.69) is 20.8 Å². The number of methoxy groups -OCH3 is 1. The molecule has 25 nitrogen and oxygen atoms in total. The topological polar surface area (TPSA) is 330 Å². The summed E-state index contributed by atoms with van der Waals surface area (Å²) in [4.78, 5) is 119. The number of fused-ring (bicyclic) bond motifs is 6. The first-order chi connectivity index (χ1) is 53.5. The van der Waals surface area contributed by atoms with Crippen LogP contribution in [0.25, 0.3) is 32.3 Å². The molecule has 3 aliphatic heterocycles. The lowest BCUT2D eigenvalue weighted by molar-refractivity contribution is -0.128. The van der Waals surface area contributed by atoms with E-state index < -0.39 is 116 Å². The van der Waals surface area contributed by atoms with E-state index in [-0.39, 0.29) is 75.1 Å². The lowest BCUT2D eigenvalue weighted by Crippen LogP contribution is -2.46. The summed E-state index contributed by atoms with van der Waals surface area (Å²) in [6.45, 7) is 19.7. The van der Waals surface area contributed by atoms with E-state index in [1.54, 1.807) is 86.0 Å². The van der Waals surface area contributed by atoms with Crippen LogP contribution in [0.15, 0.2) is 91.0 Å². The van der Waals surface area contributed by atoms with Gasteiger partial charge in [-0.3, -0.25) is 43.2 Å². The highest BCUT2D eigenvalue weighted by atomic mass is 32.2. The second kappa shape index (κ2) is 31.3. The van der Waals surface area contributed by atoms with Crippen molar-refractivity contribution in [2.45, 2.75) is 184 Å². The summed E-state index contributed by atoms with van der Waals surface area (Å²) in [5.41, 5.74) is -3.82. The summed E-state index contributed by atoms with van der Waals surface area (Å²) in [5.74, 6) is -4.74. The molecular formula is C85H101N3O22S3. The van der Waals surface area contributed by atoms with Crippen molar-refractivity contribution >= 4 is 115 Å². The molecule has 7 unspecified atom stereocenters. The quantitative estimate of drug-likeness (QED) is 0.0288. The Kier molecular flexibility index (Phi) is 22.9. The monoisotopic (exact) mass is 1610 g/mol. The first-order valence-electron chi connectivity index (χ1n) is 39.6. The van der Waals surface area contributed by atoms with Gasteiger partial charge in [0.15, 0.2) is 0 Å². The number of hydrogen-bond acceptors (Lipinski definition) is 22. The third kappa shape index (κ3) is 14.5. The molecule has 3 heterocycles. The number of imide groups is 3. The van der Waals surface area contributed by atoms with Gasteiger partial charge in [-0.1, -0.05) is 150 Å². The summed E-state index contributed by atoms with van der Waals surface area (Å²) in [7, 11) is -11.8. The number of unbranched alkanes of at least 4 members (excludes halogenated alkanes) is 6. The van der Waals surface area contributed by atoms with Crippen LogP contribution in [0.3, 0.4) is 0 Å². The molecule has 6 amide bonds. The van der Waals surface area contributed by atoms with E-state index in [4.69, 9.17) is 31.8 Å². The number of benzene rings is 6. The molecule has 6 fully saturated rings. The van der Waals surface area contributed by atoms with Gasteiger partial charge in [0.05, 0.1) is 86.7 Å². The van der Waals surface area contributed by atoms with Crippen molar-refractivity contribution in [3.63, 3.8) is 0 Å². The van der Waals surface area contributed by atoms with Gasteiger partial charge in [-0.05, 0) is 146 Å². The van der Waals surface area contributed by atoms with Crippen LogP contribution in [-0.4, -0.2) is 144 Å². The molecule has 0 saturated heterocycles. The van der Waals surface area contributed by atoms with Gasteiger partial charge in [-0.15, -0.1) is 28.0 Å². The normalized spacial score (nSPS) is 24.4. The van der Waals surface area contributed by atoms with Gasteiger partial charge in [0.2, 0.25) is 0 Å². The standard InChI is InChI=1S/2C30H37NO7S.C25H27NO8S/c1-5-7-9-19(6-2)17-37-24-13-12-23-26-21(24)10-8-11-22(26)27(33)31(28(23)34)38-39(35,36)18-30-15-14-20(16-25(30)32)29(30,3)4;1-4-5-6-7-8-9-17-37-24-14-13-23-26-21(24)11-10-12-22(26)27(33)31(28(23)34)38-39(35,36)19-30-16-15-20(18-25(30)32)29(30,2)3;1-24(2)15-9-10-25(24,20(27)13-15)14-35(30,31)34-26-22(28)17-6-4-5-16-19(33-12-11-32-3)8-7-18(21(16)17)23(26)29/h8,10-13,19-20H,5-7,9,14-18H2,1-4H3;10-14,20H,4-9,15-19H2,1-3H3;4-8,15H,9-14H2,1-3H3. The molecule has 6 bridgehead atoms. The van der Waals surface area contributed by atoms with E-state index in [1.165, 1.54) is 31.4 Å². The summed E-state index contributed by atoms with van der Waals surface area (Å²) < 4.78 is 118. The zero-order chi connectivity index (χ0) is 81.3. The van der Waals surface area contributed by atoms with Crippen LogP contribution < -0.4 is 14.2 Å². The number of ketones is 3. The van der Waals surface area contributed by atoms with Crippen molar-refractivity contribution in [3.05, 3.63) is 124 Å². The number of nitrogens with zero attached hydrogens (tertiary/aromatic N) is 3. The predicted octanol–water partition coefficient (Wildman–Crippen LogP) is 14.6. The molecule has 6 aromatic rings. The highest BCUT2D eigenvalue weighted by Gasteiger charge is 2.68.